The van der Waals surface area contributed by atoms with E-state index in [0.717, 1.165) is 5.69 Å². The molecule has 9 heteroatoms. The standard InChI is InChI=1S/C16H27N3O4S.HI/c1-5-17-16(18-10-11-24(20,21)7-3)19-13-8-9-14(23-6-2)15(12-13)22-4;/h8-9,12H,5-7,10-11H2,1-4H3,(H2,17,18,19);1H. The Morgan fingerprint density at radius 3 is 2.48 bits per heavy atom. The van der Waals surface area contributed by atoms with E-state index in [1.165, 1.54) is 0 Å². The van der Waals surface area contributed by atoms with E-state index in [9.17, 15) is 8.42 Å². The second-order valence-corrected chi connectivity index (χ2v) is 7.39. The van der Waals surface area contributed by atoms with Gasteiger partial charge in [-0.05, 0) is 26.0 Å². The van der Waals surface area contributed by atoms with E-state index in [4.69, 9.17) is 9.47 Å². The number of aliphatic imine (C=N–C) groups is 1. The molecule has 0 aliphatic heterocycles. The van der Waals surface area contributed by atoms with Gasteiger partial charge in [0.25, 0.3) is 0 Å². The molecule has 1 aromatic carbocycles. The van der Waals surface area contributed by atoms with Crippen LogP contribution in [0.4, 0.5) is 5.69 Å². The molecule has 0 heterocycles. The summed E-state index contributed by atoms with van der Waals surface area (Å²) in [6, 6.07) is 5.47. The molecule has 7 nitrogen and oxygen atoms in total. The molecular formula is C16H28IN3O4S. The number of anilines is 1. The molecule has 0 atom stereocenters. The largest absolute Gasteiger partial charge is 0.493 e. The highest BCUT2D eigenvalue weighted by Crippen LogP contribution is 2.30. The monoisotopic (exact) mass is 485 g/mol. The summed E-state index contributed by atoms with van der Waals surface area (Å²) in [7, 11) is -1.44. The van der Waals surface area contributed by atoms with Crippen molar-refractivity contribution in [2.45, 2.75) is 20.8 Å². The van der Waals surface area contributed by atoms with Crippen molar-refractivity contribution in [2.24, 2.45) is 4.99 Å². The lowest BCUT2D eigenvalue weighted by Gasteiger charge is -2.14. The number of nitrogens with one attached hydrogen (secondary N) is 2. The van der Waals surface area contributed by atoms with E-state index in [1.54, 1.807) is 20.1 Å². The number of methoxy groups -OCH3 is 1. The maximum atomic E-state index is 11.5. The number of benzene rings is 1. The highest BCUT2D eigenvalue weighted by Gasteiger charge is 2.08. The smallest absolute Gasteiger partial charge is 0.195 e. The fourth-order valence-corrected chi connectivity index (χ4v) is 2.56. The van der Waals surface area contributed by atoms with Crippen molar-refractivity contribution in [3.05, 3.63) is 18.2 Å². The second-order valence-electron chi connectivity index (χ2n) is 4.92. The maximum absolute atomic E-state index is 11.5. The molecular weight excluding hydrogens is 457 g/mol. The van der Waals surface area contributed by atoms with Crippen molar-refractivity contribution >= 4 is 45.5 Å². The van der Waals surface area contributed by atoms with Crippen molar-refractivity contribution in [3.8, 4) is 11.5 Å². The number of ether oxygens (including phenoxy) is 2. The van der Waals surface area contributed by atoms with Gasteiger partial charge in [0.15, 0.2) is 27.3 Å². The minimum atomic E-state index is -3.02. The van der Waals surface area contributed by atoms with Crippen LogP contribution in [0.25, 0.3) is 0 Å². The molecule has 0 bridgehead atoms. The summed E-state index contributed by atoms with van der Waals surface area (Å²) in [5, 5.41) is 6.22. The van der Waals surface area contributed by atoms with E-state index in [0.29, 0.717) is 30.6 Å². The lowest BCUT2D eigenvalue weighted by atomic mass is 10.2. The number of hydrogen-bond donors (Lipinski definition) is 2. The Kier molecular flexibility index (Phi) is 11.6. The predicted molar refractivity (Wildman–Crippen MR) is 114 cm³/mol. The Hall–Kier alpha value is -1.23. The van der Waals surface area contributed by atoms with Gasteiger partial charge >= 0.3 is 0 Å². The first kappa shape index (κ1) is 23.8. The maximum Gasteiger partial charge on any atom is 0.195 e. The number of sulfone groups is 1. The van der Waals surface area contributed by atoms with Crippen molar-refractivity contribution in [3.63, 3.8) is 0 Å². The summed E-state index contributed by atoms with van der Waals surface area (Å²) in [5.41, 5.74) is 0.772. The van der Waals surface area contributed by atoms with E-state index in [1.807, 2.05) is 26.0 Å². The van der Waals surface area contributed by atoms with Gasteiger partial charge < -0.3 is 20.1 Å². The zero-order chi connectivity index (χ0) is 18.0. The van der Waals surface area contributed by atoms with Gasteiger partial charge in [0.2, 0.25) is 0 Å². The quantitative estimate of drug-likeness (QED) is 0.318. The van der Waals surface area contributed by atoms with Crippen molar-refractivity contribution < 1.29 is 17.9 Å². The normalized spacial score (nSPS) is 11.4. The van der Waals surface area contributed by atoms with E-state index >= 15 is 0 Å². The molecule has 0 radical (unpaired) electrons. The number of rotatable bonds is 9. The molecule has 0 aromatic heterocycles. The Balaban J connectivity index is 0.00000576. The summed E-state index contributed by atoms with van der Waals surface area (Å²) in [6.07, 6.45) is 0. The number of nitrogens with zero attached hydrogens (tertiary/aromatic N) is 1. The lowest BCUT2D eigenvalue weighted by molar-refractivity contribution is 0.311. The Bertz CT molecular complexity index is 651. The van der Waals surface area contributed by atoms with Gasteiger partial charge in [-0.25, -0.2) is 8.42 Å². The number of halogens is 1. The zero-order valence-corrected chi connectivity index (χ0v) is 18.3. The van der Waals surface area contributed by atoms with E-state index in [-0.39, 0.29) is 42.0 Å². The molecule has 144 valence electrons. The van der Waals surface area contributed by atoms with Gasteiger partial charge in [-0.2, -0.15) is 0 Å². The number of hydrogen-bond acceptors (Lipinski definition) is 5. The van der Waals surface area contributed by atoms with Crippen molar-refractivity contribution in [1.29, 1.82) is 0 Å². The van der Waals surface area contributed by atoms with Gasteiger partial charge in [-0.1, -0.05) is 6.92 Å². The van der Waals surface area contributed by atoms with Crippen molar-refractivity contribution in [2.75, 3.05) is 43.6 Å². The van der Waals surface area contributed by atoms with Gasteiger partial charge in [-0.15, -0.1) is 24.0 Å². The third kappa shape index (κ3) is 8.61. The summed E-state index contributed by atoms with van der Waals surface area (Å²) < 4.78 is 33.9. The molecule has 25 heavy (non-hydrogen) atoms. The average molecular weight is 485 g/mol. The molecule has 0 aliphatic carbocycles. The van der Waals surface area contributed by atoms with Gasteiger partial charge in [0, 0.05) is 24.1 Å². The molecule has 1 aromatic rings. The molecule has 0 spiro atoms. The fraction of sp³-hybridized carbons (Fsp3) is 0.562. The Morgan fingerprint density at radius 1 is 1.20 bits per heavy atom. The minimum Gasteiger partial charge on any atom is -0.493 e. The van der Waals surface area contributed by atoms with Crippen LogP contribution in [0.15, 0.2) is 23.2 Å². The molecule has 1 rings (SSSR count). The predicted octanol–water partition coefficient (Wildman–Crippen LogP) is 2.52. The van der Waals surface area contributed by atoms with Crippen LogP contribution in [0.1, 0.15) is 20.8 Å². The molecule has 0 aliphatic rings. The summed E-state index contributed by atoms with van der Waals surface area (Å²) in [6.45, 7) is 6.92. The third-order valence-electron chi connectivity index (χ3n) is 3.18. The second kappa shape index (κ2) is 12.2. The average Bonchev–Trinajstić information content (AvgIpc) is 2.56. The first-order chi connectivity index (χ1) is 11.5. The van der Waals surface area contributed by atoms with Gasteiger partial charge in [0.1, 0.15) is 0 Å². The molecule has 0 saturated heterocycles. The fourth-order valence-electron chi connectivity index (χ4n) is 1.90. The van der Waals surface area contributed by atoms with Crippen LogP contribution in [-0.4, -0.2) is 52.7 Å². The van der Waals surface area contributed by atoms with E-state index < -0.39 is 9.84 Å². The van der Waals surface area contributed by atoms with Gasteiger partial charge in [-0.3, -0.25) is 4.99 Å². The molecule has 0 unspecified atom stereocenters. The van der Waals surface area contributed by atoms with Crippen molar-refractivity contribution in [1.82, 2.24) is 5.32 Å². The first-order valence-corrected chi connectivity index (χ1v) is 9.84. The summed E-state index contributed by atoms with van der Waals surface area (Å²) >= 11 is 0. The summed E-state index contributed by atoms with van der Waals surface area (Å²) in [4.78, 5) is 4.30. The highest BCUT2D eigenvalue weighted by molar-refractivity contribution is 14.0. The van der Waals surface area contributed by atoms with Crippen LogP contribution in [0, 0.1) is 0 Å². The lowest BCUT2D eigenvalue weighted by Crippen LogP contribution is -2.31. The van der Waals surface area contributed by atoms with Crippen LogP contribution in [0.3, 0.4) is 0 Å². The molecule has 0 saturated carbocycles. The van der Waals surface area contributed by atoms with Crippen LogP contribution in [0.2, 0.25) is 0 Å². The molecule has 2 N–H and O–H groups in total. The van der Waals surface area contributed by atoms with Crippen LogP contribution < -0.4 is 20.1 Å². The topological polar surface area (TPSA) is 89.0 Å². The van der Waals surface area contributed by atoms with Crippen LogP contribution >= 0.6 is 24.0 Å². The van der Waals surface area contributed by atoms with E-state index in [2.05, 4.69) is 15.6 Å². The number of guanidine groups is 1. The Labute approximate surface area is 167 Å². The third-order valence-corrected chi connectivity index (χ3v) is 4.87. The molecule has 0 amide bonds. The minimum absolute atomic E-state index is 0. The SMILES string of the molecule is CCNC(=NCCS(=O)(=O)CC)Nc1ccc(OCC)c(OC)c1.I. The summed E-state index contributed by atoms with van der Waals surface area (Å²) in [5.74, 6) is 1.97. The zero-order valence-electron chi connectivity index (χ0n) is 15.2. The first-order valence-electron chi connectivity index (χ1n) is 8.02. The Morgan fingerprint density at radius 2 is 1.92 bits per heavy atom. The van der Waals surface area contributed by atoms with Gasteiger partial charge in [0.05, 0.1) is 26.0 Å². The molecule has 0 fully saturated rings. The van der Waals surface area contributed by atoms with Crippen LogP contribution in [-0.2, 0) is 9.84 Å². The highest BCUT2D eigenvalue weighted by atomic mass is 127. The van der Waals surface area contributed by atoms with Crippen LogP contribution in [0.5, 0.6) is 11.5 Å².